The van der Waals surface area contributed by atoms with Gasteiger partial charge in [-0.15, -0.1) is 0 Å². The van der Waals surface area contributed by atoms with Gasteiger partial charge in [0.15, 0.2) is 5.78 Å². The smallest absolute Gasteiger partial charge is 0.271 e. The van der Waals surface area contributed by atoms with Crippen LogP contribution < -0.4 is 10.9 Å². The van der Waals surface area contributed by atoms with Gasteiger partial charge in [0.2, 0.25) is 5.43 Å². The van der Waals surface area contributed by atoms with Crippen LogP contribution in [0.4, 0.5) is 0 Å². The van der Waals surface area contributed by atoms with Crippen LogP contribution in [0.25, 0.3) is 17.0 Å². The first-order chi connectivity index (χ1) is 13.6. The van der Waals surface area contributed by atoms with Gasteiger partial charge in [0, 0.05) is 5.56 Å². The van der Waals surface area contributed by atoms with Crippen molar-refractivity contribution in [1.82, 2.24) is 5.43 Å². The van der Waals surface area contributed by atoms with Gasteiger partial charge in [0.05, 0.1) is 17.2 Å². The highest BCUT2D eigenvalue weighted by Gasteiger charge is 2.06. The van der Waals surface area contributed by atoms with Gasteiger partial charge in [0.1, 0.15) is 18.5 Å². The van der Waals surface area contributed by atoms with Crippen molar-refractivity contribution in [1.29, 1.82) is 0 Å². The zero-order chi connectivity index (χ0) is 19.9. The number of carbonyl (C=O) groups is 2. The molecule has 3 aromatic rings. The van der Waals surface area contributed by atoms with Crippen LogP contribution in [0.1, 0.15) is 21.5 Å². The molecular weight excluding hydrogens is 360 g/mol. The number of amides is 1. The van der Waals surface area contributed by atoms with Crippen LogP contribution in [0.15, 0.2) is 75.2 Å². The molecule has 7 nitrogen and oxygen atoms in total. The molecule has 3 rings (SSSR count). The van der Waals surface area contributed by atoms with E-state index in [0.29, 0.717) is 22.1 Å². The Labute approximate surface area is 159 Å². The van der Waals surface area contributed by atoms with Gasteiger partial charge < -0.3 is 9.52 Å². The normalized spacial score (nSPS) is 11.3. The third-order valence-electron chi connectivity index (χ3n) is 3.87. The Morgan fingerprint density at radius 3 is 2.61 bits per heavy atom. The Kier molecular flexibility index (Phi) is 5.88. The third kappa shape index (κ3) is 4.46. The monoisotopic (exact) mass is 376 g/mol. The first-order valence-electron chi connectivity index (χ1n) is 8.34. The lowest BCUT2D eigenvalue weighted by Gasteiger charge is -2.01. The predicted molar refractivity (Wildman–Crippen MR) is 105 cm³/mol. The second-order valence-corrected chi connectivity index (χ2v) is 5.80. The molecule has 0 aliphatic rings. The van der Waals surface area contributed by atoms with Crippen LogP contribution in [0, 0.1) is 0 Å². The average molecular weight is 376 g/mol. The average Bonchev–Trinajstić information content (AvgIpc) is 2.74. The van der Waals surface area contributed by atoms with Gasteiger partial charge in [-0.3, -0.25) is 14.4 Å². The molecule has 1 heterocycles. The van der Waals surface area contributed by atoms with Gasteiger partial charge in [0.25, 0.3) is 5.91 Å². The number of nitrogens with one attached hydrogen (secondary N) is 1. The highest BCUT2D eigenvalue weighted by molar-refractivity contribution is 5.96. The molecule has 0 bridgehead atoms. The highest BCUT2D eigenvalue weighted by atomic mass is 16.3. The summed E-state index contributed by atoms with van der Waals surface area (Å²) in [6.07, 6.45) is 5.31. The molecule has 1 amide bonds. The molecular formula is C21H16N2O5. The van der Waals surface area contributed by atoms with Gasteiger partial charge >= 0.3 is 0 Å². The Balaban J connectivity index is 1.67. The Bertz CT molecular complexity index is 1130. The molecule has 140 valence electrons. The van der Waals surface area contributed by atoms with Crippen molar-refractivity contribution < 1.29 is 19.1 Å². The number of ketones is 1. The number of benzene rings is 2. The van der Waals surface area contributed by atoms with Crippen LogP contribution in [0.3, 0.4) is 0 Å². The second kappa shape index (κ2) is 8.70. The Hall–Kier alpha value is -3.84. The quantitative estimate of drug-likeness (QED) is 0.389. The number of para-hydroxylation sites is 1. The fourth-order valence-corrected chi connectivity index (χ4v) is 2.39. The minimum Gasteiger partial charge on any atom is -0.463 e. The summed E-state index contributed by atoms with van der Waals surface area (Å²) in [6, 6.07) is 13.3. The summed E-state index contributed by atoms with van der Waals surface area (Å²) in [6.45, 7) is -0.551. The zero-order valence-corrected chi connectivity index (χ0v) is 14.7. The molecule has 2 N–H and O–H groups in total. The van der Waals surface area contributed by atoms with Gasteiger partial charge in [-0.1, -0.05) is 30.3 Å². The van der Waals surface area contributed by atoms with E-state index in [4.69, 9.17) is 9.52 Å². The number of fused-ring (bicyclic) bond motifs is 1. The van der Waals surface area contributed by atoms with Crippen molar-refractivity contribution in [2.45, 2.75) is 0 Å². The van der Waals surface area contributed by atoms with Crippen molar-refractivity contribution >= 4 is 35.0 Å². The second-order valence-electron chi connectivity index (χ2n) is 5.80. The minimum atomic E-state index is -0.551. The van der Waals surface area contributed by atoms with Crippen molar-refractivity contribution in [3.05, 3.63) is 87.8 Å². The maximum atomic E-state index is 12.3. The van der Waals surface area contributed by atoms with E-state index in [1.165, 1.54) is 24.6 Å². The Morgan fingerprint density at radius 1 is 1.11 bits per heavy atom. The van der Waals surface area contributed by atoms with E-state index in [1.807, 2.05) is 0 Å². The van der Waals surface area contributed by atoms with Crippen LogP contribution >= 0.6 is 0 Å². The molecule has 7 heteroatoms. The predicted octanol–water partition coefficient (Wildman–Crippen LogP) is 2.13. The van der Waals surface area contributed by atoms with Crippen LogP contribution in [0.5, 0.6) is 0 Å². The van der Waals surface area contributed by atoms with Crippen molar-refractivity contribution in [2.75, 3.05) is 6.61 Å². The van der Waals surface area contributed by atoms with E-state index in [9.17, 15) is 14.4 Å². The minimum absolute atomic E-state index is 0.216. The highest BCUT2D eigenvalue weighted by Crippen LogP contribution is 2.09. The van der Waals surface area contributed by atoms with Gasteiger partial charge in [-0.05, 0) is 35.9 Å². The maximum absolute atomic E-state index is 12.3. The molecule has 2 aromatic carbocycles. The standard InChI is InChI=1S/C21H16N2O5/c24-12-17(25)10-7-14-5-8-15(9-6-14)21(27)23-22-11-16-13-28-19-4-2-1-3-18(19)20(16)26/h1-11,13,24H,12H2,(H,23,27)/b10-7+,22-11+. The van der Waals surface area contributed by atoms with Crippen LogP contribution in [0.2, 0.25) is 0 Å². The number of nitrogens with zero attached hydrogens (tertiary/aromatic N) is 1. The molecule has 0 radical (unpaired) electrons. The Morgan fingerprint density at radius 2 is 1.86 bits per heavy atom. The topological polar surface area (TPSA) is 109 Å². The van der Waals surface area contributed by atoms with Gasteiger partial charge in [-0.25, -0.2) is 5.43 Å². The summed E-state index contributed by atoms with van der Waals surface area (Å²) in [5.74, 6) is -0.863. The summed E-state index contributed by atoms with van der Waals surface area (Å²) < 4.78 is 5.38. The molecule has 0 atom stereocenters. The maximum Gasteiger partial charge on any atom is 0.271 e. The fraction of sp³-hybridized carbons (Fsp3) is 0.0476. The largest absolute Gasteiger partial charge is 0.463 e. The molecule has 1 aromatic heterocycles. The number of rotatable bonds is 6. The summed E-state index contributed by atoms with van der Waals surface area (Å²) in [4.78, 5) is 35.5. The summed E-state index contributed by atoms with van der Waals surface area (Å²) in [5, 5.41) is 12.9. The molecule has 0 saturated carbocycles. The van der Waals surface area contributed by atoms with E-state index >= 15 is 0 Å². The molecule has 0 unspecified atom stereocenters. The lowest BCUT2D eigenvalue weighted by Crippen LogP contribution is -2.18. The number of hydrazone groups is 1. The summed E-state index contributed by atoms with van der Waals surface area (Å²) >= 11 is 0. The number of aliphatic hydroxyl groups excluding tert-OH is 1. The van der Waals surface area contributed by atoms with E-state index in [1.54, 1.807) is 48.5 Å². The van der Waals surface area contributed by atoms with Crippen LogP contribution in [-0.4, -0.2) is 29.6 Å². The lowest BCUT2D eigenvalue weighted by molar-refractivity contribution is -0.117. The number of hydrogen-bond acceptors (Lipinski definition) is 6. The third-order valence-corrected chi connectivity index (χ3v) is 3.87. The van der Waals surface area contributed by atoms with E-state index in [-0.39, 0.29) is 11.0 Å². The molecule has 0 saturated heterocycles. The molecule has 0 aliphatic heterocycles. The fourth-order valence-electron chi connectivity index (χ4n) is 2.39. The lowest BCUT2D eigenvalue weighted by atomic mass is 10.1. The number of carbonyl (C=O) groups excluding carboxylic acids is 2. The summed E-state index contributed by atoms with van der Waals surface area (Å²) in [7, 11) is 0. The molecule has 28 heavy (non-hydrogen) atoms. The van der Waals surface area contributed by atoms with Crippen molar-refractivity contribution in [3.63, 3.8) is 0 Å². The first kappa shape index (κ1) is 18.9. The van der Waals surface area contributed by atoms with Crippen molar-refractivity contribution in [2.24, 2.45) is 5.10 Å². The number of aliphatic hydroxyl groups is 1. The summed E-state index contributed by atoms with van der Waals surface area (Å²) in [5.41, 5.74) is 3.85. The number of hydrogen-bond donors (Lipinski definition) is 2. The van der Waals surface area contributed by atoms with Crippen LogP contribution in [-0.2, 0) is 4.79 Å². The van der Waals surface area contributed by atoms with E-state index in [0.717, 1.165) is 0 Å². The van der Waals surface area contributed by atoms with E-state index in [2.05, 4.69) is 10.5 Å². The van der Waals surface area contributed by atoms with Crippen molar-refractivity contribution in [3.8, 4) is 0 Å². The molecule has 0 aliphatic carbocycles. The van der Waals surface area contributed by atoms with E-state index < -0.39 is 18.3 Å². The van der Waals surface area contributed by atoms with Gasteiger partial charge in [-0.2, -0.15) is 5.10 Å². The SMILES string of the molecule is O=C(/C=C/c1ccc(C(=O)N/N=C/c2coc3ccccc3c2=O)cc1)CO. The zero-order valence-electron chi connectivity index (χ0n) is 14.7. The molecule has 0 fully saturated rings. The molecule has 0 spiro atoms. The first-order valence-corrected chi connectivity index (χ1v) is 8.34.